The Kier molecular flexibility index (Phi) is 11.3. The van der Waals surface area contributed by atoms with Crippen molar-refractivity contribution in [3.8, 4) is 0 Å². The minimum absolute atomic E-state index is 0.104. The maximum Gasteiger partial charge on any atom is 0.338 e. The number of aliphatic hydroxyl groups is 4. The second-order valence-corrected chi connectivity index (χ2v) is 19.7. The van der Waals surface area contributed by atoms with E-state index in [1.807, 2.05) is 20.8 Å². The zero-order valence-corrected chi connectivity index (χ0v) is 31.6. The van der Waals surface area contributed by atoms with E-state index >= 15 is 4.79 Å². The average molecular weight is 719 g/mol. The van der Waals surface area contributed by atoms with Crippen LogP contribution >= 0.6 is 0 Å². The molecule has 0 radical (unpaired) electrons. The Morgan fingerprint density at radius 1 is 0.900 bits per heavy atom. The number of hydrogen-bond donors (Lipinski definition) is 4. The predicted octanol–water partition coefficient (Wildman–Crippen LogP) is 3.64. The minimum Gasteiger partial charge on any atom is -0.459 e. The van der Waals surface area contributed by atoms with Gasteiger partial charge in [-0.15, -0.1) is 0 Å². The van der Waals surface area contributed by atoms with Crippen molar-refractivity contribution in [2.75, 3.05) is 6.61 Å². The van der Waals surface area contributed by atoms with E-state index in [1.54, 1.807) is 39.0 Å². The summed E-state index contributed by atoms with van der Waals surface area (Å²) in [4.78, 5) is 54.9. The summed E-state index contributed by atoms with van der Waals surface area (Å²) in [7, 11) is -2.64. The highest BCUT2D eigenvalue weighted by molar-refractivity contribution is 6.73. The first kappa shape index (κ1) is 39.8. The molecule has 1 aromatic carbocycles. The van der Waals surface area contributed by atoms with Gasteiger partial charge in [0.2, 0.25) is 0 Å². The van der Waals surface area contributed by atoms with Crippen LogP contribution in [0.4, 0.5) is 0 Å². The second kappa shape index (κ2) is 14.2. The third-order valence-electron chi connectivity index (χ3n) is 12.2. The number of carbonyl (C=O) groups excluding carboxylic acids is 4. The molecule has 2 saturated carbocycles. The van der Waals surface area contributed by atoms with Crippen molar-refractivity contribution in [2.24, 2.45) is 16.7 Å². The molecule has 2 bridgehead atoms. The van der Waals surface area contributed by atoms with Crippen molar-refractivity contribution in [1.82, 2.24) is 0 Å². The van der Waals surface area contributed by atoms with Crippen molar-refractivity contribution in [1.29, 1.82) is 0 Å². The first-order valence-electron chi connectivity index (χ1n) is 17.5. The fraction of sp³-hybridized carbons (Fsp3) is 0.676. The van der Waals surface area contributed by atoms with Gasteiger partial charge >= 0.3 is 17.9 Å². The van der Waals surface area contributed by atoms with Crippen LogP contribution in [0.5, 0.6) is 0 Å². The SMILES string of the molecule is CC[Si](CC)(CC)O[C@H]1C[C@H](OC(C)=O)[C@@](O)(CO)C2[C@H](OC(=O)c3ccccc3)[C@]3(O)C[C@H](O)C(C)=C([C@@H](OC(C)=O)C(=O)[C@@]21C)C3(C)C. The molecule has 0 aliphatic heterocycles. The van der Waals surface area contributed by atoms with Crippen LogP contribution in [-0.2, 0) is 33.0 Å². The molecule has 0 heterocycles. The van der Waals surface area contributed by atoms with Crippen molar-refractivity contribution in [3.63, 3.8) is 0 Å². The summed E-state index contributed by atoms with van der Waals surface area (Å²) in [5.74, 6) is -4.95. The molecule has 0 spiro atoms. The minimum atomic E-state index is -2.64. The van der Waals surface area contributed by atoms with E-state index in [1.165, 1.54) is 19.1 Å². The Bertz CT molecular complexity index is 1500. The normalized spacial score (nSPS) is 35.3. The van der Waals surface area contributed by atoms with E-state index in [9.17, 15) is 34.8 Å². The van der Waals surface area contributed by atoms with Gasteiger partial charge in [0.25, 0.3) is 0 Å². The number of hydrogen-bond acceptors (Lipinski definition) is 12. The third kappa shape index (κ3) is 6.27. The molecule has 278 valence electrons. The van der Waals surface area contributed by atoms with Gasteiger partial charge in [0.15, 0.2) is 20.2 Å². The molecule has 3 aliphatic carbocycles. The fourth-order valence-corrected chi connectivity index (χ4v) is 11.9. The number of ketones is 1. The van der Waals surface area contributed by atoms with Gasteiger partial charge in [-0.25, -0.2) is 4.79 Å². The van der Waals surface area contributed by atoms with Crippen molar-refractivity contribution >= 4 is 32.0 Å². The molecular weight excluding hydrogens is 664 g/mol. The summed E-state index contributed by atoms with van der Waals surface area (Å²) in [6.45, 7) is 13.5. The number of fused-ring (bicyclic) bond motifs is 3. The zero-order chi connectivity index (χ0) is 37.6. The van der Waals surface area contributed by atoms with Crippen LogP contribution < -0.4 is 0 Å². The van der Waals surface area contributed by atoms with Gasteiger partial charge in [-0.1, -0.05) is 52.8 Å². The van der Waals surface area contributed by atoms with E-state index in [4.69, 9.17) is 18.6 Å². The smallest absolute Gasteiger partial charge is 0.338 e. The van der Waals surface area contributed by atoms with Gasteiger partial charge in [0.05, 0.1) is 29.8 Å². The highest BCUT2D eigenvalue weighted by atomic mass is 28.4. The van der Waals surface area contributed by atoms with Crippen LogP contribution in [0.15, 0.2) is 41.5 Å². The van der Waals surface area contributed by atoms with Crippen LogP contribution in [0.25, 0.3) is 0 Å². The molecule has 0 amide bonds. The quantitative estimate of drug-likeness (QED) is 0.119. The lowest BCUT2D eigenvalue weighted by Crippen LogP contribution is -2.78. The first-order chi connectivity index (χ1) is 23.2. The van der Waals surface area contributed by atoms with Crippen LogP contribution in [0.2, 0.25) is 18.1 Å². The lowest BCUT2D eigenvalue weighted by atomic mass is 9.45. The number of esters is 3. The molecule has 0 aromatic heterocycles. The third-order valence-corrected chi connectivity index (χ3v) is 16.9. The van der Waals surface area contributed by atoms with Gasteiger partial charge in [-0.05, 0) is 55.3 Å². The number of Topliss-reactive ketones (excluding diaryl/α,β-unsaturated/α-hetero) is 1. The summed E-state index contributed by atoms with van der Waals surface area (Å²) in [5.41, 5.74) is -7.74. The predicted molar refractivity (Wildman–Crippen MR) is 184 cm³/mol. The second-order valence-electron chi connectivity index (χ2n) is 15.0. The number of rotatable bonds is 10. The fourth-order valence-electron chi connectivity index (χ4n) is 8.98. The van der Waals surface area contributed by atoms with E-state index < -0.39 is 104 Å². The Morgan fingerprint density at radius 2 is 1.46 bits per heavy atom. The maximum atomic E-state index is 15.5. The molecule has 12 nitrogen and oxygen atoms in total. The lowest BCUT2D eigenvalue weighted by molar-refractivity contribution is -0.286. The maximum absolute atomic E-state index is 15.5. The van der Waals surface area contributed by atoms with E-state index in [0.29, 0.717) is 23.7 Å². The molecule has 4 N–H and O–H groups in total. The largest absolute Gasteiger partial charge is 0.459 e. The Morgan fingerprint density at radius 3 is 1.96 bits per heavy atom. The van der Waals surface area contributed by atoms with E-state index in [0.717, 1.165) is 13.8 Å². The standard InChI is InChI=1S/C37H54O12Si/c1-10-50(11-2,12-3)49-26-18-27(46-22(5)39)36(44,20-38)30-32(48-33(43)24-16-14-13-15-17-24)37(45)19-25(41)21(4)28(34(37,7)8)29(47-23(6)40)31(42)35(26,30)9/h13-17,25-27,29-30,32,38,41,44-45H,10-12,18-20H2,1-9H3/t25-,26-,27-,29+,30?,32-,35+,36-,37+/m0/s1. The summed E-state index contributed by atoms with van der Waals surface area (Å²) in [6.07, 6.45) is -8.15. The highest BCUT2D eigenvalue weighted by Crippen LogP contribution is 2.62. The van der Waals surface area contributed by atoms with Crippen LogP contribution in [0, 0.1) is 16.7 Å². The highest BCUT2D eigenvalue weighted by Gasteiger charge is 2.75. The topological polar surface area (TPSA) is 186 Å². The van der Waals surface area contributed by atoms with Gasteiger partial charge in [-0.3, -0.25) is 14.4 Å². The van der Waals surface area contributed by atoms with Crippen molar-refractivity contribution in [3.05, 3.63) is 47.0 Å². The average Bonchev–Trinajstić information content (AvgIpc) is 3.06. The van der Waals surface area contributed by atoms with Gasteiger partial charge in [0.1, 0.15) is 23.4 Å². The Hall–Kier alpha value is -2.94. The van der Waals surface area contributed by atoms with Gasteiger partial charge in [0, 0.05) is 38.0 Å². The van der Waals surface area contributed by atoms with Crippen molar-refractivity contribution in [2.45, 2.75) is 135 Å². The number of benzene rings is 1. The van der Waals surface area contributed by atoms with Gasteiger partial charge in [-0.2, -0.15) is 0 Å². The summed E-state index contributed by atoms with van der Waals surface area (Å²) in [6, 6.07) is 9.91. The summed E-state index contributed by atoms with van der Waals surface area (Å²) in [5, 5.41) is 48.6. The summed E-state index contributed by atoms with van der Waals surface area (Å²) < 4.78 is 24.9. The summed E-state index contributed by atoms with van der Waals surface area (Å²) >= 11 is 0. The molecule has 13 heteroatoms. The number of ether oxygens (including phenoxy) is 3. The zero-order valence-electron chi connectivity index (χ0n) is 30.6. The molecule has 0 saturated heterocycles. The monoisotopic (exact) mass is 718 g/mol. The molecule has 1 unspecified atom stereocenters. The molecule has 9 atom stereocenters. The molecule has 2 fully saturated rings. The number of aliphatic hydroxyl groups excluding tert-OH is 2. The molecular formula is C37H54O12Si. The van der Waals surface area contributed by atoms with Gasteiger partial charge < -0.3 is 39.1 Å². The molecule has 50 heavy (non-hydrogen) atoms. The van der Waals surface area contributed by atoms with Crippen molar-refractivity contribution < 1.29 is 58.2 Å². The lowest BCUT2D eigenvalue weighted by Gasteiger charge is -2.65. The molecule has 4 rings (SSSR count). The number of carbonyl (C=O) groups is 4. The van der Waals surface area contributed by atoms with Crippen LogP contribution in [0.1, 0.15) is 85.5 Å². The Labute approximate surface area is 295 Å². The molecule has 1 aromatic rings. The first-order valence-corrected chi connectivity index (χ1v) is 20.0. The Balaban J connectivity index is 2.18. The van der Waals surface area contributed by atoms with Crippen LogP contribution in [0.3, 0.4) is 0 Å². The van der Waals surface area contributed by atoms with Crippen LogP contribution in [-0.4, -0.2) is 101 Å². The molecule has 3 aliphatic rings. The van der Waals surface area contributed by atoms with E-state index in [2.05, 4.69) is 0 Å². The van der Waals surface area contributed by atoms with E-state index in [-0.39, 0.29) is 17.6 Å².